The van der Waals surface area contributed by atoms with Crippen LogP contribution in [0.25, 0.3) is 5.52 Å². The molecular weight excluding hydrogens is 262 g/mol. The lowest BCUT2D eigenvalue weighted by molar-refractivity contribution is 0.180. The van der Waals surface area contributed by atoms with E-state index in [2.05, 4.69) is 28.3 Å². The summed E-state index contributed by atoms with van der Waals surface area (Å²) in [5, 5.41) is 14.8. The van der Waals surface area contributed by atoms with Crippen molar-refractivity contribution >= 4 is 5.52 Å². The molecule has 21 heavy (non-hydrogen) atoms. The molecule has 1 atom stereocenters. The molecule has 1 unspecified atom stereocenters. The molecule has 4 heteroatoms. The van der Waals surface area contributed by atoms with Crippen LogP contribution >= 0.6 is 0 Å². The summed E-state index contributed by atoms with van der Waals surface area (Å²) in [7, 11) is 0. The van der Waals surface area contributed by atoms with E-state index in [1.165, 1.54) is 36.0 Å². The summed E-state index contributed by atoms with van der Waals surface area (Å²) in [5.74, 6) is 0. The molecule has 0 amide bonds. The SMILES string of the molecule is OC(Cc1ccc2c(c1)CCC2)c1cnn2ccncc12. The zero-order valence-corrected chi connectivity index (χ0v) is 11.7. The maximum Gasteiger partial charge on any atom is 0.0903 e. The number of aryl methyl sites for hydroxylation is 2. The first kappa shape index (κ1) is 12.5. The number of aliphatic hydroxyl groups is 1. The molecule has 4 nitrogen and oxygen atoms in total. The maximum atomic E-state index is 10.5. The van der Waals surface area contributed by atoms with Crippen molar-refractivity contribution in [3.8, 4) is 0 Å². The molecule has 0 spiro atoms. The monoisotopic (exact) mass is 279 g/mol. The Kier molecular flexibility index (Phi) is 2.97. The minimum Gasteiger partial charge on any atom is -0.388 e. The van der Waals surface area contributed by atoms with E-state index in [9.17, 15) is 5.11 Å². The van der Waals surface area contributed by atoms with E-state index in [0.717, 1.165) is 11.1 Å². The average Bonchev–Trinajstić information content (AvgIpc) is 3.13. The smallest absolute Gasteiger partial charge is 0.0903 e. The zero-order chi connectivity index (χ0) is 14.2. The zero-order valence-electron chi connectivity index (χ0n) is 11.7. The number of benzene rings is 1. The topological polar surface area (TPSA) is 50.4 Å². The van der Waals surface area contributed by atoms with Gasteiger partial charge in [0, 0.05) is 24.4 Å². The molecule has 0 fully saturated rings. The molecule has 106 valence electrons. The number of aromatic nitrogens is 3. The first-order chi connectivity index (χ1) is 10.3. The van der Waals surface area contributed by atoms with Crippen LogP contribution in [0.4, 0.5) is 0 Å². The molecular formula is C17H17N3O. The van der Waals surface area contributed by atoms with Crippen LogP contribution in [0.15, 0.2) is 43.0 Å². The van der Waals surface area contributed by atoms with Gasteiger partial charge in [0.1, 0.15) is 0 Å². The van der Waals surface area contributed by atoms with Crippen molar-refractivity contribution in [2.24, 2.45) is 0 Å². The third-order valence-electron chi connectivity index (χ3n) is 4.31. The molecule has 0 saturated carbocycles. The van der Waals surface area contributed by atoms with E-state index in [4.69, 9.17) is 0 Å². The number of rotatable bonds is 3. The Morgan fingerprint density at radius 1 is 1.19 bits per heavy atom. The highest BCUT2D eigenvalue weighted by Gasteiger charge is 2.16. The van der Waals surface area contributed by atoms with Gasteiger partial charge in [-0.15, -0.1) is 0 Å². The second-order valence-corrected chi connectivity index (χ2v) is 5.68. The quantitative estimate of drug-likeness (QED) is 0.801. The predicted octanol–water partition coefficient (Wildman–Crippen LogP) is 2.49. The van der Waals surface area contributed by atoms with E-state index < -0.39 is 6.10 Å². The molecule has 2 aromatic heterocycles. The van der Waals surface area contributed by atoms with Gasteiger partial charge in [0.15, 0.2) is 0 Å². The third kappa shape index (κ3) is 2.21. The van der Waals surface area contributed by atoms with Crippen LogP contribution < -0.4 is 0 Å². The Bertz CT molecular complexity index is 794. The molecule has 0 saturated heterocycles. The Morgan fingerprint density at radius 3 is 3.05 bits per heavy atom. The fraction of sp³-hybridized carbons (Fsp3) is 0.294. The number of fused-ring (bicyclic) bond motifs is 2. The molecule has 1 aromatic carbocycles. The molecule has 1 N–H and O–H groups in total. The predicted molar refractivity (Wildman–Crippen MR) is 80.1 cm³/mol. The second-order valence-electron chi connectivity index (χ2n) is 5.68. The fourth-order valence-electron chi connectivity index (χ4n) is 3.19. The van der Waals surface area contributed by atoms with Crippen molar-refractivity contribution in [1.29, 1.82) is 0 Å². The van der Waals surface area contributed by atoms with Crippen molar-refractivity contribution < 1.29 is 5.11 Å². The summed E-state index contributed by atoms with van der Waals surface area (Å²) < 4.78 is 1.74. The largest absolute Gasteiger partial charge is 0.388 e. The van der Waals surface area contributed by atoms with Gasteiger partial charge in [-0.2, -0.15) is 5.10 Å². The maximum absolute atomic E-state index is 10.5. The number of hydrogen-bond acceptors (Lipinski definition) is 3. The summed E-state index contributed by atoms with van der Waals surface area (Å²) >= 11 is 0. The van der Waals surface area contributed by atoms with Crippen LogP contribution in [-0.4, -0.2) is 19.7 Å². The standard InChI is InChI=1S/C17H17N3O/c21-17(15-10-19-20-7-6-18-11-16(15)20)9-12-4-5-13-2-1-3-14(13)8-12/h4-8,10-11,17,21H,1-3,9H2. The number of aliphatic hydroxyl groups excluding tert-OH is 1. The molecule has 0 radical (unpaired) electrons. The van der Waals surface area contributed by atoms with E-state index in [1.54, 1.807) is 29.3 Å². The molecule has 1 aliphatic carbocycles. The van der Waals surface area contributed by atoms with Crippen molar-refractivity contribution in [2.75, 3.05) is 0 Å². The van der Waals surface area contributed by atoms with Crippen LogP contribution in [0.2, 0.25) is 0 Å². The molecule has 3 aromatic rings. The van der Waals surface area contributed by atoms with Gasteiger partial charge in [0.25, 0.3) is 0 Å². The summed E-state index contributed by atoms with van der Waals surface area (Å²) in [6.45, 7) is 0. The van der Waals surface area contributed by atoms with Crippen molar-refractivity contribution in [3.63, 3.8) is 0 Å². The lowest BCUT2D eigenvalue weighted by Gasteiger charge is -2.11. The van der Waals surface area contributed by atoms with E-state index in [1.807, 2.05) is 0 Å². The molecule has 2 heterocycles. The molecule has 4 rings (SSSR count). The van der Waals surface area contributed by atoms with Crippen molar-refractivity contribution in [3.05, 3.63) is 65.2 Å². The van der Waals surface area contributed by atoms with Gasteiger partial charge in [-0.25, -0.2) is 4.52 Å². The minimum atomic E-state index is -0.550. The van der Waals surface area contributed by atoms with Gasteiger partial charge < -0.3 is 5.11 Å². The Morgan fingerprint density at radius 2 is 2.10 bits per heavy atom. The molecule has 0 bridgehead atoms. The number of nitrogens with zero attached hydrogens (tertiary/aromatic N) is 3. The molecule has 1 aliphatic rings. The Hall–Kier alpha value is -2.20. The van der Waals surface area contributed by atoms with Crippen LogP contribution in [0, 0.1) is 0 Å². The lowest BCUT2D eigenvalue weighted by atomic mass is 9.99. The second kappa shape index (κ2) is 4.97. The van der Waals surface area contributed by atoms with Crippen molar-refractivity contribution in [1.82, 2.24) is 14.6 Å². The van der Waals surface area contributed by atoms with Crippen LogP contribution in [0.1, 0.15) is 34.8 Å². The Labute approximate surface area is 123 Å². The van der Waals surface area contributed by atoms with E-state index >= 15 is 0 Å². The summed E-state index contributed by atoms with van der Waals surface area (Å²) in [5.41, 5.74) is 5.80. The van der Waals surface area contributed by atoms with E-state index in [0.29, 0.717) is 6.42 Å². The van der Waals surface area contributed by atoms with Gasteiger partial charge in [0.2, 0.25) is 0 Å². The van der Waals surface area contributed by atoms with Crippen LogP contribution in [-0.2, 0) is 19.3 Å². The number of hydrogen-bond donors (Lipinski definition) is 1. The van der Waals surface area contributed by atoms with Gasteiger partial charge in [-0.05, 0) is 36.0 Å². The van der Waals surface area contributed by atoms with E-state index in [-0.39, 0.29) is 0 Å². The van der Waals surface area contributed by atoms with Crippen LogP contribution in [0.3, 0.4) is 0 Å². The third-order valence-corrected chi connectivity index (χ3v) is 4.31. The van der Waals surface area contributed by atoms with Gasteiger partial charge in [0.05, 0.1) is 24.0 Å². The van der Waals surface area contributed by atoms with Gasteiger partial charge in [-0.1, -0.05) is 18.2 Å². The summed E-state index contributed by atoms with van der Waals surface area (Å²) in [6.07, 6.45) is 10.6. The van der Waals surface area contributed by atoms with Gasteiger partial charge >= 0.3 is 0 Å². The minimum absolute atomic E-state index is 0.550. The molecule has 0 aliphatic heterocycles. The lowest BCUT2D eigenvalue weighted by Crippen LogP contribution is -2.02. The highest BCUT2D eigenvalue weighted by Crippen LogP contribution is 2.26. The van der Waals surface area contributed by atoms with Gasteiger partial charge in [-0.3, -0.25) is 4.98 Å². The highest BCUT2D eigenvalue weighted by atomic mass is 16.3. The summed E-state index contributed by atoms with van der Waals surface area (Å²) in [6, 6.07) is 6.59. The fourth-order valence-corrected chi connectivity index (χ4v) is 3.19. The first-order valence-corrected chi connectivity index (χ1v) is 7.37. The first-order valence-electron chi connectivity index (χ1n) is 7.37. The average molecular weight is 279 g/mol. The van der Waals surface area contributed by atoms with Crippen molar-refractivity contribution in [2.45, 2.75) is 31.8 Å². The summed E-state index contributed by atoms with van der Waals surface area (Å²) in [4.78, 5) is 4.11. The Balaban J connectivity index is 1.62. The normalized spacial score (nSPS) is 15.3. The van der Waals surface area contributed by atoms with Crippen LogP contribution in [0.5, 0.6) is 0 Å². The highest BCUT2D eigenvalue weighted by molar-refractivity contribution is 5.53.